The van der Waals surface area contributed by atoms with Crippen molar-refractivity contribution in [3.63, 3.8) is 0 Å². The minimum atomic E-state index is -4.82. The molecule has 21 heavy (non-hydrogen) atoms. The molecule has 0 bridgehead atoms. The summed E-state index contributed by atoms with van der Waals surface area (Å²) in [4.78, 5) is 11.9. The number of benzene rings is 1. The zero-order valence-corrected chi connectivity index (χ0v) is 11.2. The third-order valence-corrected chi connectivity index (χ3v) is 3.26. The number of rotatable bonds is 4. The van der Waals surface area contributed by atoms with E-state index in [1.54, 1.807) is 7.11 Å². The zero-order chi connectivity index (χ0) is 15.6. The fourth-order valence-electron chi connectivity index (χ4n) is 2.05. The molecule has 0 aromatic heterocycles. The Labute approximate surface area is 119 Å². The van der Waals surface area contributed by atoms with Crippen LogP contribution in [0.2, 0.25) is 0 Å². The van der Waals surface area contributed by atoms with Crippen molar-refractivity contribution >= 4 is 11.6 Å². The molecule has 1 aliphatic carbocycles. The van der Waals surface area contributed by atoms with E-state index in [2.05, 4.69) is 10.1 Å². The fraction of sp³-hybridized carbons (Fsp3) is 0.462. The van der Waals surface area contributed by atoms with Gasteiger partial charge in [0.2, 0.25) is 0 Å². The van der Waals surface area contributed by atoms with Crippen LogP contribution in [-0.4, -0.2) is 31.5 Å². The second kappa shape index (κ2) is 5.80. The van der Waals surface area contributed by atoms with Gasteiger partial charge in [0.15, 0.2) is 5.75 Å². The number of ether oxygens (including phenoxy) is 2. The number of nitrogen functional groups attached to an aromatic ring is 1. The fourth-order valence-corrected chi connectivity index (χ4v) is 2.05. The number of nitrogens with one attached hydrogen (secondary N) is 1. The lowest BCUT2D eigenvalue weighted by molar-refractivity contribution is -0.274. The Hall–Kier alpha value is -1.96. The van der Waals surface area contributed by atoms with E-state index in [0.29, 0.717) is 12.8 Å². The first kappa shape index (κ1) is 15.4. The SMILES string of the molecule is COC1CC(NC(=O)c2ccc(OC(F)(F)F)c(N)c2)C1. The summed E-state index contributed by atoms with van der Waals surface area (Å²) >= 11 is 0. The second-order valence-electron chi connectivity index (χ2n) is 4.80. The Balaban J connectivity index is 1.98. The smallest absolute Gasteiger partial charge is 0.404 e. The molecule has 1 aromatic carbocycles. The van der Waals surface area contributed by atoms with Crippen LogP contribution in [0, 0.1) is 0 Å². The number of amides is 1. The van der Waals surface area contributed by atoms with Gasteiger partial charge < -0.3 is 20.5 Å². The standard InChI is InChI=1S/C13H15F3N2O3/c1-20-9-5-8(6-9)18-12(19)7-2-3-11(10(17)4-7)21-13(14,15)16/h2-4,8-9H,5-6,17H2,1H3,(H,18,19). The molecule has 1 saturated carbocycles. The highest BCUT2D eigenvalue weighted by Crippen LogP contribution is 2.29. The first-order valence-electron chi connectivity index (χ1n) is 6.27. The third-order valence-electron chi connectivity index (χ3n) is 3.26. The molecule has 0 radical (unpaired) electrons. The lowest BCUT2D eigenvalue weighted by Crippen LogP contribution is -2.47. The van der Waals surface area contributed by atoms with E-state index in [-0.39, 0.29) is 29.3 Å². The van der Waals surface area contributed by atoms with Crippen LogP contribution in [0.3, 0.4) is 0 Å². The highest BCUT2D eigenvalue weighted by molar-refractivity contribution is 5.95. The van der Waals surface area contributed by atoms with Crippen LogP contribution in [0.1, 0.15) is 23.2 Å². The number of halogens is 3. The van der Waals surface area contributed by atoms with Gasteiger partial charge in [-0.3, -0.25) is 4.79 Å². The molecular formula is C13H15F3N2O3. The quantitative estimate of drug-likeness (QED) is 0.835. The lowest BCUT2D eigenvalue weighted by Gasteiger charge is -2.34. The summed E-state index contributed by atoms with van der Waals surface area (Å²) in [5, 5.41) is 2.75. The van der Waals surface area contributed by atoms with E-state index < -0.39 is 12.1 Å². The van der Waals surface area contributed by atoms with Crippen LogP contribution in [0.5, 0.6) is 5.75 Å². The first-order chi connectivity index (χ1) is 9.78. The molecule has 8 heteroatoms. The largest absolute Gasteiger partial charge is 0.573 e. The minimum absolute atomic E-state index is 0.00905. The van der Waals surface area contributed by atoms with E-state index in [1.165, 1.54) is 6.07 Å². The van der Waals surface area contributed by atoms with Crippen LogP contribution in [0.25, 0.3) is 0 Å². The number of alkyl halides is 3. The van der Waals surface area contributed by atoms with Gasteiger partial charge in [-0.15, -0.1) is 13.2 Å². The molecule has 5 nitrogen and oxygen atoms in total. The molecule has 1 amide bonds. The van der Waals surface area contributed by atoms with Crippen molar-refractivity contribution in [3.05, 3.63) is 23.8 Å². The van der Waals surface area contributed by atoms with Gasteiger partial charge in [-0.25, -0.2) is 0 Å². The Kier molecular flexibility index (Phi) is 4.26. The molecule has 1 aromatic rings. The van der Waals surface area contributed by atoms with Gasteiger partial charge >= 0.3 is 6.36 Å². The van der Waals surface area contributed by atoms with E-state index in [4.69, 9.17) is 10.5 Å². The van der Waals surface area contributed by atoms with E-state index in [1.807, 2.05) is 0 Å². The number of hydrogen-bond acceptors (Lipinski definition) is 4. The van der Waals surface area contributed by atoms with Gasteiger partial charge in [0.05, 0.1) is 11.8 Å². The number of methoxy groups -OCH3 is 1. The third kappa shape index (κ3) is 4.01. The maximum Gasteiger partial charge on any atom is 0.573 e. The summed E-state index contributed by atoms with van der Waals surface area (Å²) < 4.78 is 45.1. The Morgan fingerprint density at radius 2 is 2.05 bits per heavy atom. The molecule has 3 N–H and O–H groups in total. The highest BCUT2D eigenvalue weighted by atomic mass is 19.4. The van der Waals surface area contributed by atoms with Crippen molar-refractivity contribution in [2.45, 2.75) is 31.3 Å². The van der Waals surface area contributed by atoms with E-state index in [9.17, 15) is 18.0 Å². The average molecular weight is 304 g/mol. The Bertz CT molecular complexity index is 528. The molecule has 0 saturated heterocycles. The molecule has 0 aliphatic heterocycles. The lowest BCUT2D eigenvalue weighted by atomic mass is 9.89. The highest BCUT2D eigenvalue weighted by Gasteiger charge is 2.32. The maximum atomic E-state index is 12.1. The van der Waals surface area contributed by atoms with Crippen molar-refractivity contribution in [1.82, 2.24) is 5.32 Å². The Morgan fingerprint density at radius 3 is 2.57 bits per heavy atom. The van der Waals surface area contributed by atoms with Gasteiger partial charge in [-0.1, -0.05) is 0 Å². The van der Waals surface area contributed by atoms with Gasteiger partial charge in [0, 0.05) is 18.7 Å². The summed E-state index contributed by atoms with van der Waals surface area (Å²) in [6.07, 6.45) is -3.25. The number of anilines is 1. The maximum absolute atomic E-state index is 12.1. The summed E-state index contributed by atoms with van der Waals surface area (Å²) in [6, 6.07) is 3.42. The molecule has 0 spiro atoms. The van der Waals surface area contributed by atoms with Crippen LogP contribution in [0.15, 0.2) is 18.2 Å². The van der Waals surface area contributed by atoms with Crippen LogP contribution >= 0.6 is 0 Å². The van der Waals surface area contributed by atoms with Crippen molar-refractivity contribution < 1.29 is 27.4 Å². The number of hydrogen-bond donors (Lipinski definition) is 2. The average Bonchev–Trinajstić information content (AvgIpc) is 2.33. The monoisotopic (exact) mass is 304 g/mol. The molecule has 0 atom stereocenters. The summed E-state index contributed by atoms with van der Waals surface area (Å²) in [5.74, 6) is -0.915. The summed E-state index contributed by atoms with van der Waals surface area (Å²) in [7, 11) is 1.60. The molecule has 2 rings (SSSR count). The second-order valence-corrected chi connectivity index (χ2v) is 4.80. The summed E-state index contributed by atoms with van der Waals surface area (Å²) in [5.41, 5.74) is 5.40. The van der Waals surface area contributed by atoms with Gasteiger partial charge in [0.1, 0.15) is 0 Å². The predicted octanol–water partition coefficient (Wildman–Crippen LogP) is 2.07. The first-order valence-corrected chi connectivity index (χ1v) is 6.27. The molecule has 116 valence electrons. The minimum Gasteiger partial charge on any atom is -0.404 e. The normalized spacial score (nSPS) is 21.5. The molecule has 0 heterocycles. The molecule has 0 unspecified atom stereocenters. The van der Waals surface area contributed by atoms with Crippen molar-refractivity contribution in [2.24, 2.45) is 0 Å². The predicted molar refractivity (Wildman–Crippen MR) is 68.8 cm³/mol. The van der Waals surface area contributed by atoms with E-state index >= 15 is 0 Å². The van der Waals surface area contributed by atoms with Crippen LogP contribution < -0.4 is 15.8 Å². The van der Waals surface area contributed by atoms with E-state index in [0.717, 1.165) is 12.1 Å². The van der Waals surface area contributed by atoms with Gasteiger partial charge in [-0.2, -0.15) is 0 Å². The van der Waals surface area contributed by atoms with Gasteiger partial charge in [-0.05, 0) is 31.0 Å². The molecule has 1 fully saturated rings. The Morgan fingerprint density at radius 1 is 1.38 bits per heavy atom. The van der Waals surface area contributed by atoms with Crippen molar-refractivity contribution in [2.75, 3.05) is 12.8 Å². The summed E-state index contributed by atoms with van der Waals surface area (Å²) in [6.45, 7) is 0. The number of carbonyl (C=O) groups is 1. The van der Waals surface area contributed by atoms with Crippen molar-refractivity contribution in [3.8, 4) is 5.75 Å². The number of nitrogens with two attached hydrogens (primary N) is 1. The van der Waals surface area contributed by atoms with Gasteiger partial charge in [0.25, 0.3) is 5.91 Å². The molecule has 1 aliphatic rings. The zero-order valence-electron chi connectivity index (χ0n) is 11.2. The number of carbonyl (C=O) groups excluding carboxylic acids is 1. The topological polar surface area (TPSA) is 73.6 Å². The molecular weight excluding hydrogens is 289 g/mol. The van der Waals surface area contributed by atoms with Crippen LogP contribution in [-0.2, 0) is 4.74 Å². The van der Waals surface area contributed by atoms with Crippen LogP contribution in [0.4, 0.5) is 18.9 Å². The van der Waals surface area contributed by atoms with Crippen molar-refractivity contribution in [1.29, 1.82) is 0 Å².